The molecule has 1 aromatic carbocycles. The van der Waals surface area contributed by atoms with Crippen molar-refractivity contribution in [3.63, 3.8) is 0 Å². The van der Waals surface area contributed by atoms with Gasteiger partial charge in [-0.2, -0.15) is 5.10 Å². The fourth-order valence-electron chi connectivity index (χ4n) is 1.83. The van der Waals surface area contributed by atoms with Crippen LogP contribution in [0.5, 0.6) is 0 Å². The molecule has 0 unspecified atom stereocenters. The van der Waals surface area contributed by atoms with E-state index in [0.717, 1.165) is 10.7 Å². The monoisotopic (exact) mass is 324 g/mol. The van der Waals surface area contributed by atoms with Crippen molar-refractivity contribution < 1.29 is 4.79 Å². The average Bonchev–Trinajstić information content (AvgIpc) is 2.71. The average molecular weight is 325 g/mol. The van der Waals surface area contributed by atoms with Gasteiger partial charge in [-0.25, -0.2) is 0 Å². The van der Waals surface area contributed by atoms with Gasteiger partial charge in [-0.3, -0.25) is 9.48 Å². The number of nitrogens with one attached hydrogen (secondary N) is 1. The molecule has 112 valence electrons. The summed E-state index contributed by atoms with van der Waals surface area (Å²) in [5.74, 6) is 0.605. The van der Waals surface area contributed by atoms with Crippen LogP contribution in [0.15, 0.2) is 29.3 Å². The lowest BCUT2D eigenvalue weighted by molar-refractivity contribution is -0.115. The Morgan fingerprint density at radius 1 is 1.48 bits per heavy atom. The number of halogens is 1. The number of benzene rings is 1. The summed E-state index contributed by atoms with van der Waals surface area (Å²) in [6.45, 7) is 1.94. The van der Waals surface area contributed by atoms with E-state index in [-0.39, 0.29) is 5.91 Å². The van der Waals surface area contributed by atoms with Crippen LogP contribution < -0.4 is 11.1 Å². The summed E-state index contributed by atoms with van der Waals surface area (Å²) in [6.07, 6.45) is 0.400. The van der Waals surface area contributed by atoms with Crippen molar-refractivity contribution in [2.75, 3.05) is 16.8 Å². The number of aryl methyl sites for hydroxylation is 2. The standard InChI is InChI=1S/C14H17ClN4OS/c1-9-7-14(19(2)18-9)21-6-5-13(20)17-12-4-3-10(15)8-11(12)16/h3-4,7-8H,5-6,16H2,1-2H3,(H,17,20). The minimum Gasteiger partial charge on any atom is -0.397 e. The fraction of sp³-hybridized carbons (Fsp3) is 0.286. The molecule has 5 nitrogen and oxygen atoms in total. The van der Waals surface area contributed by atoms with Gasteiger partial charge in [-0.1, -0.05) is 11.6 Å². The molecule has 21 heavy (non-hydrogen) atoms. The first-order valence-corrected chi connectivity index (χ1v) is 7.80. The third-order valence-electron chi connectivity index (χ3n) is 2.83. The summed E-state index contributed by atoms with van der Waals surface area (Å²) in [7, 11) is 1.89. The van der Waals surface area contributed by atoms with Crippen molar-refractivity contribution in [3.8, 4) is 0 Å². The van der Waals surface area contributed by atoms with Gasteiger partial charge in [0.15, 0.2) is 0 Å². The first-order valence-electron chi connectivity index (χ1n) is 6.44. The molecule has 0 radical (unpaired) electrons. The largest absolute Gasteiger partial charge is 0.397 e. The smallest absolute Gasteiger partial charge is 0.225 e. The number of hydrogen-bond acceptors (Lipinski definition) is 4. The van der Waals surface area contributed by atoms with Gasteiger partial charge in [0, 0.05) is 24.2 Å². The lowest BCUT2D eigenvalue weighted by Gasteiger charge is -2.08. The van der Waals surface area contributed by atoms with Crippen molar-refractivity contribution in [1.82, 2.24) is 9.78 Å². The molecule has 3 N–H and O–H groups in total. The van der Waals surface area contributed by atoms with E-state index < -0.39 is 0 Å². The van der Waals surface area contributed by atoms with Crippen LogP contribution in [0.3, 0.4) is 0 Å². The molecule has 0 aliphatic heterocycles. The first-order chi connectivity index (χ1) is 9.95. The van der Waals surface area contributed by atoms with Gasteiger partial charge in [-0.15, -0.1) is 11.8 Å². The summed E-state index contributed by atoms with van der Waals surface area (Å²) >= 11 is 7.42. The number of carbonyl (C=O) groups is 1. The molecule has 7 heteroatoms. The second kappa shape index (κ2) is 6.87. The van der Waals surface area contributed by atoms with Gasteiger partial charge in [0.05, 0.1) is 22.1 Å². The molecule has 0 spiro atoms. The molecule has 2 rings (SSSR count). The maximum Gasteiger partial charge on any atom is 0.225 e. The van der Waals surface area contributed by atoms with Crippen LogP contribution in [0.2, 0.25) is 5.02 Å². The number of anilines is 2. The van der Waals surface area contributed by atoms with Gasteiger partial charge < -0.3 is 11.1 Å². The number of thioether (sulfide) groups is 1. The number of rotatable bonds is 5. The predicted molar refractivity (Wildman–Crippen MR) is 87.8 cm³/mol. The van der Waals surface area contributed by atoms with Gasteiger partial charge in [0.2, 0.25) is 5.91 Å². The molecule has 1 heterocycles. The van der Waals surface area contributed by atoms with E-state index in [2.05, 4.69) is 10.4 Å². The Hall–Kier alpha value is -1.66. The lowest BCUT2D eigenvalue weighted by Crippen LogP contribution is -2.13. The molecule has 0 saturated carbocycles. The van der Waals surface area contributed by atoms with Crippen molar-refractivity contribution >= 4 is 40.6 Å². The van der Waals surface area contributed by atoms with E-state index in [0.29, 0.717) is 28.6 Å². The van der Waals surface area contributed by atoms with Gasteiger partial charge in [0.25, 0.3) is 0 Å². The minimum atomic E-state index is -0.0737. The van der Waals surface area contributed by atoms with Crippen LogP contribution in [0.1, 0.15) is 12.1 Å². The Morgan fingerprint density at radius 3 is 2.86 bits per heavy atom. The molecule has 1 aromatic heterocycles. The van der Waals surface area contributed by atoms with Crippen molar-refractivity contribution in [2.24, 2.45) is 7.05 Å². The van der Waals surface area contributed by atoms with Crippen LogP contribution >= 0.6 is 23.4 Å². The van der Waals surface area contributed by atoms with E-state index in [1.807, 2.05) is 24.7 Å². The van der Waals surface area contributed by atoms with Crippen molar-refractivity contribution in [3.05, 3.63) is 35.0 Å². The van der Waals surface area contributed by atoms with E-state index in [1.54, 1.807) is 30.0 Å². The highest BCUT2D eigenvalue weighted by Crippen LogP contribution is 2.23. The highest BCUT2D eigenvalue weighted by molar-refractivity contribution is 7.99. The minimum absolute atomic E-state index is 0.0737. The topological polar surface area (TPSA) is 72.9 Å². The number of nitrogens with zero attached hydrogens (tertiary/aromatic N) is 2. The molecule has 0 aliphatic carbocycles. The maximum atomic E-state index is 11.9. The number of hydrogen-bond donors (Lipinski definition) is 2. The molecule has 0 saturated heterocycles. The summed E-state index contributed by atoms with van der Waals surface area (Å²) in [4.78, 5) is 11.9. The first kappa shape index (κ1) is 15.7. The molecule has 0 fully saturated rings. The maximum absolute atomic E-state index is 11.9. The molecule has 0 aliphatic rings. The normalized spacial score (nSPS) is 10.6. The number of amides is 1. The van der Waals surface area contributed by atoms with Crippen molar-refractivity contribution in [2.45, 2.75) is 18.4 Å². The Bertz CT molecular complexity index is 656. The van der Waals surface area contributed by atoms with E-state index in [4.69, 9.17) is 17.3 Å². The molecular formula is C14H17ClN4OS. The summed E-state index contributed by atoms with van der Waals surface area (Å²) < 4.78 is 1.81. The second-order valence-electron chi connectivity index (χ2n) is 4.63. The Balaban J connectivity index is 1.83. The Morgan fingerprint density at radius 2 is 2.24 bits per heavy atom. The van der Waals surface area contributed by atoms with E-state index in [9.17, 15) is 4.79 Å². The van der Waals surface area contributed by atoms with Crippen LogP contribution in [0, 0.1) is 6.92 Å². The number of carbonyl (C=O) groups excluding carboxylic acids is 1. The van der Waals surface area contributed by atoms with E-state index in [1.165, 1.54) is 0 Å². The Kier molecular flexibility index (Phi) is 5.14. The third kappa shape index (κ3) is 4.41. The lowest BCUT2D eigenvalue weighted by atomic mass is 10.2. The molecule has 0 atom stereocenters. The van der Waals surface area contributed by atoms with Crippen LogP contribution in [-0.4, -0.2) is 21.4 Å². The summed E-state index contributed by atoms with van der Waals surface area (Å²) in [5.41, 5.74) is 7.82. The highest BCUT2D eigenvalue weighted by atomic mass is 35.5. The molecular weight excluding hydrogens is 308 g/mol. The van der Waals surface area contributed by atoms with Gasteiger partial charge in [0.1, 0.15) is 0 Å². The number of nitrogen functional groups attached to an aromatic ring is 1. The van der Waals surface area contributed by atoms with Gasteiger partial charge >= 0.3 is 0 Å². The fourth-order valence-corrected chi connectivity index (χ4v) is 2.99. The number of aromatic nitrogens is 2. The van der Waals surface area contributed by atoms with Gasteiger partial charge in [-0.05, 0) is 31.2 Å². The zero-order valence-corrected chi connectivity index (χ0v) is 13.5. The zero-order chi connectivity index (χ0) is 15.4. The summed E-state index contributed by atoms with van der Waals surface area (Å²) in [5, 5.41) is 8.64. The van der Waals surface area contributed by atoms with Crippen LogP contribution in [0.25, 0.3) is 0 Å². The Labute approximate surface area is 132 Å². The van der Waals surface area contributed by atoms with Crippen molar-refractivity contribution in [1.29, 1.82) is 0 Å². The predicted octanol–water partition coefficient (Wildman–Crippen LogP) is 3.09. The SMILES string of the molecule is Cc1cc(SCCC(=O)Nc2ccc(Cl)cc2N)n(C)n1. The summed E-state index contributed by atoms with van der Waals surface area (Å²) in [6, 6.07) is 7.01. The van der Waals surface area contributed by atoms with Crippen LogP contribution in [-0.2, 0) is 11.8 Å². The van der Waals surface area contributed by atoms with E-state index >= 15 is 0 Å². The second-order valence-corrected chi connectivity index (χ2v) is 6.18. The zero-order valence-electron chi connectivity index (χ0n) is 11.9. The highest BCUT2D eigenvalue weighted by Gasteiger charge is 2.08. The number of nitrogens with two attached hydrogens (primary N) is 1. The van der Waals surface area contributed by atoms with Crippen LogP contribution in [0.4, 0.5) is 11.4 Å². The quantitative estimate of drug-likeness (QED) is 0.655. The molecule has 0 bridgehead atoms. The molecule has 2 aromatic rings. The third-order valence-corrected chi connectivity index (χ3v) is 4.15. The molecule has 1 amide bonds.